The van der Waals surface area contributed by atoms with Crippen molar-refractivity contribution in [2.24, 2.45) is 0 Å². The molecule has 1 rings (SSSR count). The number of nitrogens with zero attached hydrogens (tertiary/aromatic N) is 3. The zero-order valence-corrected chi connectivity index (χ0v) is 10.3. The van der Waals surface area contributed by atoms with E-state index in [1.807, 2.05) is 0 Å². The molecule has 4 amide bonds. The Labute approximate surface area is 104 Å². The molecule has 0 aromatic heterocycles. The highest BCUT2D eigenvalue weighted by atomic mass is 16.4. The number of hydrogen-bond donors (Lipinski definition) is 1. The zero-order chi connectivity index (χ0) is 13.9. The van der Waals surface area contributed by atoms with Gasteiger partial charge in [0.2, 0.25) is 5.91 Å². The zero-order valence-electron chi connectivity index (χ0n) is 10.3. The summed E-state index contributed by atoms with van der Waals surface area (Å²) >= 11 is 0. The van der Waals surface area contributed by atoms with E-state index in [0.29, 0.717) is 0 Å². The van der Waals surface area contributed by atoms with Crippen LogP contribution < -0.4 is 0 Å². The summed E-state index contributed by atoms with van der Waals surface area (Å²) in [5.74, 6) is -1.90. The Morgan fingerprint density at radius 1 is 1.39 bits per heavy atom. The molecular formula is C10H15N3O5. The summed E-state index contributed by atoms with van der Waals surface area (Å²) < 4.78 is 0. The molecule has 0 radical (unpaired) electrons. The minimum Gasteiger partial charge on any atom is -0.481 e. The van der Waals surface area contributed by atoms with E-state index in [9.17, 15) is 19.2 Å². The van der Waals surface area contributed by atoms with Crippen molar-refractivity contribution in [1.29, 1.82) is 0 Å². The Kier molecular flexibility index (Phi) is 4.24. The Morgan fingerprint density at radius 3 is 2.44 bits per heavy atom. The van der Waals surface area contributed by atoms with Crippen LogP contribution in [0.3, 0.4) is 0 Å². The Bertz CT molecular complexity index is 395. The summed E-state index contributed by atoms with van der Waals surface area (Å²) in [6.45, 7) is -0.344. The number of rotatable bonds is 5. The average Bonchev–Trinajstić information content (AvgIpc) is 2.52. The van der Waals surface area contributed by atoms with E-state index >= 15 is 0 Å². The minimum atomic E-state index is -1.01. The van der Waals surface area contributed by atoms with Gasteiger partial charge in [-0.05, 0) is 0 Å². The number of carboxylic acids is 1. The summed E-state index contributed by atoms with van der Waals surface area (Å²) in [5, 5.41) is 8.48. The molecular weight excluding hydrogens is 242 g/mol. The smallest absolute Gasteiger partial charge is 0.327 e. The van der Waals surface area contributed by atoms with E-state index in [0.717, 1.165) is 4.90 Å². The predicted octanol–water partition coefficient (Wildman–Crippen LogP) is -1.19. The molecule has 18 heavy (non-hydrogen) atoms. The van der Waals surface area contributed by atoms with Crippen molar-refractivity contribution in [3.05, 3.63) is 0 Å². The highest BCUT2D eigenvalue weighted by Gasteiger charge is 2.35. The van der Waals surface area contributed by atoms with Crippen molar-refractivity contribution in [2.75, 3.05) is 33.7 Å². The van der Waals surface area contributed by atoms with Crippen LogP contribution in [-0.4, -0.2) is 77.4 Å². The van der Waals surface area contributed by atoms with Crippen LogP contribution in [0.15, 0.2) is 0 Å². The normalized spacial score (nSPS) is 15.2. The van der Waals surface area contributed by atoms with Crippen LogP contribution in [0.5, 0.6) is 0 Å². The third-order valence-corrected chi connectivity index (χ3v) is 2.61. The lowest BCUT2D eigenvalue weighted by molar-refractivity contribution is -0.139. The molecule has 1 fully saturated rings. The Morgan fingerprint density at radius 2 is 2.00 bits per heavy atom. The van der Waals surface area contributed by atoms with Crippen LogP contribution in [-0.2, 0) is 14.4 Å². The molecule has 1 aliphatic rings. The molecule has 1 saturated heterocycles. The van der Waals surface area contributed by atoms with Gasteiger partial charge < -0.3 is 14.9 Å². The molecule has 8 heteroatoms. The van der Waals surface area contributed by atoms with Gasteiger partial charge in [0.15, 0.2) is 0 Å². The van der Waals surface area contributed by atoms with Crippen molar-refractivity contribution in [2.45, 2.75) is 6.42 Å². The monoisotopic (exact) mass is 257 g/mol. The van der Waals surface area contributed by atoms with Crippen LogP contribution in [0.4, 0.5) is 4.79 Å². The van der Waals surface area contributed by atoms with Gasteiger partial charge in [-0.2, -0.15) is 0 Å². The van der Waals surface area contributed by atoms with Gasteiger partial charge in [0, 0.05) is 20.6 Å². The maximum atomic E-state index is 11.7. The molecule has 0 aromatic carbocycles. The lowest BCUT2D eigenvalue weighted by atomic mass is 10.3. The second-order valence-electron chi connectivity index (χ2n) is 4.08. The molecule has 0 spiro atoms. The first-order valence-electron chi connectivity index (χ1n) is 5.34. The van der Waals surface area contributed by atoms with Crippen LogP contribution in [0.2, 0.25) is 0 Å². The van der Waals surface area contributed by atoms with Crippen LogP contribution in [0.25, 0.3) is 0 Å². The van der Waals surface area contributed by atoms with Gasteiger partial charge in [0.05, 0.1) is 6.42 Å². The van der Waals surface area contributed by atoms with E-state index in [1.54, 1.807) is 0 Å². The first-order chi connectivity index (χ1) is 8.32. The number of carboxylic acid groups (broad SMARTS) is 1. The summed E-state index contributed by atoms with van der Waals surface area (Å²) in [6.07, 6.45) is -0.177. The van der Waals surface area contributed by atoms with Gasteiger partial charge in [-0.15, -0.1) is 0 Å². The van der Waals surface area contributed by atoms with Crippen LogP contribution >= 0.6 is 0 Å². The first kappa shape index (κ1) is 13.9. The van der Waals surface area contributed by atoms with E-state index < -0.39 is 23.8 Å². The molecule has 1 N–H and O–H groups in total. The van der Waals surface area contributed by atoms with Gasteiger partial charge in [0.25, 0.3) is 5.91 Å². The topological polar surface area (TPSA) is 98.2 Å². The van der Waals surface area contributed by atoms with Gasteiger partial charge in [-0.3, -0.25) is 19.3 Å². The number of imide groups is 1. The quantitative estimate of drug-likeness (QED) is 0.625. The van der Waals surface area contributed by atoms with Gasteiger partial charge in [-0.25, -0.2) is 4.79 Å². The Balaban J connectivity index is 2.51. The molecule has 0 aliphatic carbocycles. The third kappa shape index (κ3) is 3.19. The fourth-order valence-corrected chi connectivity index (χ4v) is 1.47. The number of likely N-dealkylation sites (N-methyl/N-ethyl adjacent to an activating group) is 2. The molecule has 1 aliphatic heterocycles. The number of hydrogen-bond acceptors (Lipinski definition) is 4. The van der Waals surface area contributed by atoms with E-state index in [2.05, 4.69) is 0 Å². The van der Waals surface area contributed by atoms with E-state index in [4.69, 9.17) is 5.11 Å². The Hall–Kier alpha value is -2.12. The van der Waals surface area contributed by atoms with Gasteiger partial charge >= 0.3 is 12.0 Å². The number of amides is 4. The minimum absolute atomic E-state index is 0.0368. The van der Waals surface area contributed by atoms with Crippen molar-refractivity contribution in [3.63, 3.8) is 0 Å². The predicted molar refractivity (Wildman–Crippen MR) is 59.6 cm³/mol. The number of urea groups is 1. The van der Waals surface area contributed by atoms with Crippen molar-refractivity contribution < 1.29 is 24.3 Å². The second-order valence-corrected chi connectivity index (χ2v) is 4.08. The fraction of sp³-hybridized carbons (Fsp3) is 0.600. The maximum absolute atomic E-state index is 11.7. The van der Waals surface area contributed by atoms with Crippen molar-refractivity contribution in [3.8, 4) is 0 Å². The summed E-state index contributed by atoms with van der Waals surface area (Å²) in [5.41, 5.74) is 0. The molecule has 0 unspecified atom stereocenters. The fourth-order valence-electron chi connectivity index (χ4n) is 1.47. The molecule has 100 valence electrons. The van der Waals surface area contributed by atoms with Crippen molar-refractivity contribution in [1.82, 2.24) is 14.7 Å². The highest BCUT2D eigenvalue weighted by Crippen LogP contribution is 2.07. The van der Waals surface area contributed by atoms with Crippen molar-refractivity contribution >= 4 is 23.8 Å². The number of aliphatic carboxylic acids is 1. The largest absolute Gasteiger partial charge is 0.481 e. The number of carbonyl (C=O) groups is 4. The molecule has 0 atom stereocenters. The SMILES string of the molecule is CN(CCC(=O)O)C(=O)CN1C(=O)CN(C)C1=O. The maximum Gasteiger partial charge on any atom is 0.327 e. The average molecular weight is 257 g/mol. The van der Waals surface area contributed by atoms with Crippen LogP contribution in [0.1, 0.15) is 6.42 Å². The lowest BCUT2D eigenvalue weighted by Crippen LogP contribution is -2.42. The molecule has 0 saturated carbocycles. The van der Waals surface area contributed by atoms with E-state index in [1.165, 1.54) is 23.9 Å². The van der Waals surface area contributed by atoms with E-state index in [-0.39, 0.29) is 26.1 Å². The summed E-state index contributed by atoms with van der Waals surface area (Å²) in [6, 6.07) is -0.514. The highest BCUT2D eigenvalue weighted by molar-refractivity contribution is 6.04. The standard InChI is InChI=1S/C10H15N3O5/c1-11(4-3-9(16)17)7(14)6-13-8(15)5-12(2)10(13)18/h3-6H2,1-2H3,(H,16,17). The van der Waals surface area contributed by atoms with Gasteiger partial charge in [-0.1, -0.05) is 0 Å². The lowest BCUT2D eigenvalue weighted by Gasteiger charge is -2.19. The van der Waals surface area contributed by atoms with Gasteiger partial charge in [0.1, 0.15) is 13.1 Å². The first-order valence-corrected chi connectivity index (χ1v) is 5.34. The molecule has 1 heterocycles. The molecule has 0 aromatic rings. The molecule has 8 nitrogen and oxygen atoms in total. The summed E-state index contributed by atoms with van der Waals surface area (Å²) in [4.78, 5) is 48.2. The summed E-state index contributed by atoms with van der Waals surface area (Å²) in [7, 11) is 2.90. The third-order valence-electron chi connectivity index (χ3n) is 2.61. The second kappa shape index (κ2) is 5.48. The number of carbonyl (C=O) groups excluding carboxylic acids is 3. The van der Waals surface area contributed by atoms with Crippen LogP contribution in [0, 0.1) is 0 Å². The molecule has 0 bridgehead atoms.